The van der Waals surface area contributed by atoms with Crippen LogP contribution in [0.1, 0.15) is 12.8 Å². The normalized spacial score (nSPS) is 13.6. The van der Waals surface area contributed by atoms with Crippen molar-refractivity contribution in [2.45, 2.75) is 12.8 Å². The van der Waals surface area contributed by atoms with Crippen LogP contribution in [0.25, 0.3) is 0 Å². The number of hydrogen-bond acceptors (Lipinski definition) is 8. The number of hydrogen-bond donors (Lipinski definition) is 2. The summed E-state index contributed by atoms with van der Waals surface area (Å²) in [5.74, 6) is -1.32. The highest BCUT2D eigenvalue weighted by Gasteiger charge is 2.14. The zero-order chi connectivity index (χ0) is 15.2. The Labute approximate surface area is 111 Å². The van der Waals surface area contributed by atoms with E-state index in [2.05, 4.69) is 8.37 Å². The minimum absolute atomic E-state index is 0.257. The van der Waals surface area contributed by atoms with Gasteiger partial charge in [-0.25, -0.2) is 8.37 Å². The molecule has 0 heterocycles. The van der Waals surface area contributed by atoms with Crippen molar-refractivity contribution < 1.29 is 42.7 Å². The molecule has 0 saturated carbocycles. The van der Waals surface area contributed by atoms with Crippen LogP contribution in [0.2, 0.25) is 0 Å². The molecule has 10 nitrogen and oxygen atoms in total. The lowest BCUT2D eigenvalue weighted by Gasteiger charge is -2.05. The largest absolute Gasteiger partial charge is 0.399 e. The van der Waals surface area contributed by atoms with E-state index in [1.807, 2.05) is 0 Å². The Morgan fingerprint density at radius 2 is 1.00 bits per heavy atom. The van der Waals surface area contributed by atoms with Crippen LogP contribution in [0.15, 0.2) is 0 Å². The van der Waals surface area contributed by atoms with Gasteiger partial charge in [-0.2, -0.15) is 25.3 Å². The van der Waals surface area contributed by atoms with Gasteiger partial charge in [-0.1, -0.05) is 0 Å². The fourth-order valence-electron chi connectivity index (χ4n) is 0.839. The number of rotatable bonds is 10. The van der Waals surface area contributed by atoms with Crippen LogP contribution >= 0.6 is 0 Å². The molecule has 0 spiro atoms. The molecule has 0 radical (unpaired) electrons. The topological polar surface area (TPSA) is 161 Å². The van der Waals surface area contributed by atoms with Crippen molar-refractivity contribution in [2.24, 2.45) is 0 Å². The minimum atomic E-state index is -4.37. The van der Waals surface area contributed by atoms with Gasteiger partial charge in [0.05, 0.1) is 24.7 Å². The zero-order valence-corrected chi connectivity index (χ0v) is 12.1. The Morgan fingerprint density at radius 3 is 1.26 bits per heavy atom. The molecule has 0 aliphatic carbocycles. The minimum Gasteiger partial charge on any atom is -0.286 e. The molecule has 0 rings (SSSR count). The molecule has 0 bridgehead atoms. The van der Waals surface area contributed by atoms with Gasteiger partial charge in [0, 0.05) is 0 Å². The van der Waals surface area contributed by atoms with Gasteiger partial charge in [-0.05, 0) is 12.8 Å². The second-order valence-electron chi connectivity index (χ2n) is 3.33. The van der Waals surface area contributed by atoms with E-state index < -0.39 is 55.4 Å². The van der Waals surface area contributed by atoms with E-state index in [1.54, 1.807) is 0 Å². The lowest BCUT2D eigenvalue weighted by molar-refractivity contribution is 0.214. The van der Waals surface area contributed by atoms with Crippen molar-refractivity contribution in [3.8, 4) is 0 Å². The van der Waals surface area contributed by atoms with Crippen molar-refractivity contribution in [2.75, 3.05) is 24.7 Å². The van der Waals surface area contributed by atoms with Crippen LogP contribution in [0.5, 0.6) is 0 Å². The average Bonchev–Trinajstić information content (AvgIpc) is 2.17. The van der Waals surface area contributed by atoms with E-state index >= 15 is 0 Å². The Bertz CT molecular complexity index is 510. The molecule has 0 amide bonds. The third-order valence-corrected chi connectivity index (χ3v) is 4.07. The van der Waals surface area contributed by atoms with Crippen LogP contribution in [0.4, 0.5) is 0 Å². The summed E-state index contributed by atoms with van der Waals surface area (Å²) in [4.78, 5) is 0. The van der Waals surface area contributed by atoms with Gasteiger partial charge in [0.1, 0.15) is 0 Å². The zero-order valence-electron chi connectivity index (χ0n) is 9.63. The molecule has 0 aliphatic heterocycles. The predicted molar refractivity (Wildman–Crippen MR) is 62.9 cm³/mol. The highest BCUT2D eigenvalue weighted by molar-refractivity contribution is 7.86. The van der Waals surface area contributed by atoms with E-state index in [0.717, 1.165) is 0 Å². The molecule has 0 aromatic heterocycles. The third kappa shape index (κ3) is 13.9. The molecule has 0 aromatic carbocycles. The standard InChI is InChI=1S/C6H14O10S3/c7-17(8,9)5-1-3-15-19(13,14)16-4-2-6-18(10,11)12/h1-6H2,(H,7,8,9)(H,10,11,12). The maximum absolute atomic E-state index is 11.0. The molecule has 116 valence electrons. The Hall–Kier alpha value is -0.310. The first-order valence-electron chi connectivity index (χ1n) is 4.85. The maximum atomic E-state index is 11.0. The summed E-state index contributed by atoms with van der Waals surface area (Å²) in [6.45, 7) is -1.03. The van der Waals surface area contributed by atoms with Crippen molar-refractivity contribution in [3.05, 3.63) is 0 Å². The van der Waals surface area contributed by atoms with Crippen LogP contribution in [0, 0.1) is 0 Å². The monoisotopic (exact) mass is 342 g/mol. The molecule has 0 fully saturated rings. The van der Waals surface area contributed by atoms with Gasteiger partial charge in [0.15, 0.2) is 0 Å². The molecule has 13 heteroatoms. The highest BCUT2D eigenvalue weighted by Crippen LogP contribution is 2.00. The predicted octanol–water partition coefficient (Wildman–Crippen LogP) is -1.18. The van der Waals surface area contributed by atoms with Gasteiger partial charge >= 0.3 is 10.4 Å². The summed E-state index contributed by atoms with van der Waals surface area (Å²) >= 11 is 0. The fourth-order valence-corrected chi connectivity index (χ4v) is 2.52. The molecular formula is C6H14O10S3. The molecule has 0 aliphatic rings. The second-order valence-corrected chi connectivity index (χ2v) is 7.76. The summed E-state index contributed by atoms with van der Waals surface area (Å²) in [5, 5.41) is 0. The molecule has 0 atom stereocenters. The molecule has 2 N–H and O–H groups in total. The van der Waals surface area contributed by atoms with Crippen LogP contribution < -0.4 is 0 Å². The van der Waals surface area contributed by atoms with Crippen molar-refractivity contribution in [1.82, 2.24) is 0 Å². The maximum Gasteiger partial charge on any atom is 0.399 e. The third-order valence-electron chi connectivity index (χ3n) is 1.55. The lowest BCUT2D eigenvalue weighted by Crippen LogP contribution is -2.15. The molecule has 0 saturated heterocycles. The van der Waals surface area contributed by atoms with Gasteiger partial charge in [0.25, 0.3) is 20.2 Å². The highest BCUT2D eigenvalue weighted by atomic mass is 32.3. The molecular weight excluding hydrogens is 328 g/mol. The first-order valence-corrected chi connectivity index (χ1v) is 9.40. The average molecular weight is 342 g/mol. The van der Waals surface area contributed by atoms with Gasteiger partial charge < -0.3 is 0 Å². The van der Waals surface area contributed by atoms with E-state index in [1.165, 1.54) is 0 Å². The van der Waals surface area contributed by atoms with E-state index in [9.17, 15) is 25.3 Å². The van der Waals surface area contributed by atoms with Crippen molar-refractivity contribution in [3.63, 3.8) is 0 Å². The summed E-state index contributed by atoms with van der Waals surface area (Å²) in [7, 11) is -12.7. The van der Waals surface area contributed by atoms with E-state index in [0.29, 0.717) is 0 Å². The second kappa shape index (κ2) is 7.47. The van der Waals surface area contributed by atoms with Crippen molar-refractivity contribution in [1.29, 1.82) is 0 Å². The first kappa shape index (κ1) is 18.7. The quantitative estimate of drug-likeness (QED) is 0.365. The summed E-state index contributed by atoms with van der Waals surface area (Å²) in [5.41, 5.74) is 0. The van der Waals surface area contributed by atoms with E-state index in [-0.39, 0.29) is 12.8 Å². The van der Waals surface area contributed by atoms with Crippen molar-refractivity contribution >= 4 is 30.6 Å². The fraction of sp³-hybridized carbons (Fsp3) is 1.00. The first-order chi connectivity index (χ1) is 8.41. The summed E-state index contributed by atoms with van der Waals surface area (Å²) in [6, 6.07) is 0. The van der Waals surface area contributed by atoms with Crippen LogP contribution in [0.3, 0.4) is 0 Å². The van der Waals surface area contributed by atoms with Crippen LogP contribution in [-0.2, 0) is 39.0 Å². The Balaban J connectivity index is 3.88. The lowest BCUT2D eigenvalue weighted by atomic mass is 10.5. The van der Waals surface area contributed by atoms with Gasteiger partial charge in [0.2, 0.25) is 0 Å². The molecule has 0 unspecified atom stereocenters. The Morgan fingerprint density at radius 1 is 0.684 bits per heavy atom. The SMILES string of the molecule is O=S(=O)(O)CCCOS(=O)(=O)OCCCS(=O)(=O)O. The Kier molecular flexibility index (Phi) is 7.34. The van der Waals surface area contributed by atoms with Gasteiger partial charge in [-0.15, -0.1) is 0 Å². The summed E-state index contributed by atoms with van der Waals surface area (Å²) < 4.78 is 88.4. The van der Waals surface area contributed by atoms with Gasteiger partial charge in [-0.3, -0.25) is 9.11 Å². The molecule has 19 heavy (non-hydrogen) atoms. The van der Waals surface area contributed by atoms with Crippen LogP contribution in [-0.4, -0.2) is 59.1 Å². The summed E-state index contributed by atoms with van der Waals surface area (Å²) in [6.07, 6.45) is -0.515. The molecule has 0 aromatic rings. The smallest absolute Gasteiger partial charge is 0.286 e. The van der Waals surface area contributed by atoms with E-state index in [4.69, 9.17) is 9.11 Å².